The Balaban J connectivity index is 2.75. The van der Waals surface area contributed by atoms with E-state index < -0.39 is 0 Å². The fourth-order valence-electron chi connectivity index (χ4n) is 1.96. The predicted octanol–water partition coefficient (Wildman–Crippen LogP) is 0.993. The van der Waals surface area contributed by atoms with Crippen molar-refractivity contribution >= 4 is 5.65 Å². The third-order valence-corrected chi connectivity index (χ3v) is 2.76. The molecule has 0 aliphatic rings. The molecule has 0 aliphatic carbocycles. The second-order valence-electron chi connectivity index (χ2n) is 4.00. The number of aromatic amines is 1. The molecule has 0 saturated heterocycles. The quantitative estimate of drug-likeness (QED) is 0.872. The lowest BCUT2D eigenvalue weighted by molar-refractivity contribution is 0.180. The number of nitrogens with zero attached hydrogens (tertiary/aromatic N) is 3. The number of aromatic nitrogens is 3. The Hall–Kier alpha value is -2.13. The van der Waals surface area contributed by atoms with E-state index in [4.69, 9.17) is 10.00 Å². The zero-order valence-electron chi connectivity index (χ0n) is 10.4. The van der Waals surface area contributed by atoms with Crippen molar-refractivity contribution in [3.63, 3.8) is 0 Å². The van der Waals surface area contributed by atoms with Gasteiger partial charge >= 0.3 is 0 Å². The third-order valence-electron chi connectivity index (χ3n) is 2.76. The minimum absolute atomic E-state index is 0.181. The van der Waals surface area contributed by atoms with Crippen LogP contribution in [0.1, 0.15) is 30.2 Å². The maximum Gasteiger partial charge on any atom is 0.277 e. The van der Waals surface area contributed by atoms with Gasteiger partial charge in [0.1, 0.15) is 11.6 Å². The van der Waals surface area contributed by atoms with Gasteiger partial charge < -0.3 is 9.72 Å². The van der Waals surface area contributed by atoms with Crippen molar-refractivity contribution in [2.45, 2.75) is 26.4 Å². The van der Waals surface area contributed by atoms with Crippen molar-refractivity contribution in [3.05, 3.63) is 33.4 Å². The summed E-state index contributed by atoms with van der Waals surface area (Å²) >= 11 is 0. The van der Waals surface area contributed by atoms with Crippen molar-refractivity contribution in [1.29, 1.82) is 5.26 Å². The zero-order chi connectivity index (χ0) is 13.1. The molecule has 0 amide bonds. The summed E-state index contributed by atoms with van der Waals surface area (Å²) < 4.78 is 6.32. The molecule has 0 saturated carbocycles. The maximum absolute atomic E-state index is 12.3. The van der Waals surface area contributed by atoms with Crippen molar-refractivity contribution in [2.75, 3.05) is 7.11 Å². The number of ether oxygens (including phenoxy) is 1. The molecule has 0 fully saturated rings. The van der Waals surface area contributed by atoms with Crippen molar-refractivity contribution in [3.8, 4) is 6.07 Å². The van der Waals surface area contributed by atoms with Crippen LogP contribution in [0.3, 0.4) is 0 Å². The Morgan fingerprint density at radius 1 is 1.61 bits per heavy atom. The second kappa shape index (κ2) is 5.02. The predicted molar refractivity (Wildman–Crippen MR) is 65.2 cm³/mol. The standard InChI is InChI=1S/C12H14N4O2/c1-3-4-9-10(7-18-2)15-11-8(5-13)6-14-16(11)12(9)17/h6,15H,3-4,7H2,1-2H3. The lowest BCUT2D eigenvalue weighted by atomic mass is 10.1. The molecule has 1 N–H and O–H groups in total. The van der Waals surface area contributed by atoms with Crippen LogP contribution in [0.5, 0.6) is 0 Å². The van der Waals surface area contributed by atoms with E-state index in [0.29, 0.717) is 35.5 Å². The summed E-state index contributed by atoms with van der Waals surface area (Å²) in [6.07, 6.45) is 2.91. The molecule has 2 rings (SSSR count). The number of H-pyrrole nitrogens is 1. The van der Waals surface area contributed by atoms with Gasteiger partial charge in [-0.2, -0.15) is 14.9 Å². The highest BCUT2D eigenvalue weighted by Gasteiger charge is 2.14. The van der Waals surface area contributed by atoms with Crippen molar-refractivity contribution in [1.82, 2.24) is 14.6 Å². The average Bonchev–Trinajstić information content (AvgIpc) is 2.77. The van der Waals surface area contributed by atoms with Crippen LogP contribution < -0.4 is 5.56 Å². The maximum atomic E-state index is 12.3. The van der Waals surface area contributed by atoms with Crippen LogP contribution in [0.25, 0.3) is 5.65 Å². The van der Waals surface area contributed by atoms with Crippen LogP contribution in [-0.4, -0.2) is 21.7 Å². The fraction of sp³-hybridized carbons (Fsp3) is 0.417. The van der Waals surface area contributed by atoms with E-state index in [-0.39, 0.29) is 5.56 Å². The number of hydrogen-bond acceptors (Lipinski definition) is 4. The number of rotatable bonds is 4. The van der Waals surface area contributed by atoms with Crippen molar-refractivity contribution in [2.24, 2.45) is 0 Å². The van der Waals surface area contributed by atoms with Crippen LogP contribution in [0.2, 0.25) is 0 Å². The van der Waals surface area contributed by atoms with Gasteiger partial charge in [-0.25, -0.2) is 0 Å². The lowest BCUT2D eigenvalue weighted by Crippen LogP contribution is -2.23. The van der Waals surface area contributed by atoms with E-state index in [9.17, 15) is 4.79 Å². The molecule has 0 aliphatic heterocycles. The summed E-state index contributed by atoms with van der Waals surface area (Å²) in [5.41, 5.74) is 1.98. The summed E-state index contributed by atoms with van der Waals surface area (Å²) in [4.78, 5) is 15.3. The van der Waals surface area contributed by atoms with Gasteiger partial charge in [-0.3, -0.25) is 4.79 Å². The van der Waals surface area contributed by atoms with Crippen LogP contribution in [-0.2, 0) is 17.8 Å². The van der Waals surface area contributed by atoms with Gasteiger partial charge in [0.2, 0.25) is 0 Å². The van der Waals surface area contributed by atoms with E-state index in [1.54, 1.807) is 7.11 Å². The molecule has 0 bridgehead atoms. The molecule has 0 atom stereocenters. The van der Waals surface area contributed by atoms with Gasteiger partial charge in [0.25, 0.3) is 5.56 Å². The number of fused-ring (bicyclic) bond motifs is 1. The van der Waals surface area contributed by atoms with E-state index >= 15 is 0 Å². The van der Waals surface area contributed by atoms with Crippen LogP contribution >= 0.6 is 0 Å². The van der Waals surface area contributed by atoms with E-state index in [2.05, 4.69) is 10.1 Å². The molecule has 18 heavy (non-hydrogen) atoms. The third kappa shape index (κ3) is 1.89. The Morgan fingerprint density at radius 2 is 2.39 bits per heavy atom. The molecule has 2 aromatic heterocycles. The molecule has 0 radical (unpaired) electrons. The Kier molecular flexibility index (Phi) is 3.44. The van der Waals surface area contributed by atoms with Gasteiger partial charge in [-0.15, -0.1) is 0 Å². The topological polar surface area (TPSA) is 83.2 Å². The molecular weight excluding hydrogens is 232 g/mol. The molecule has 0 aromatic carbocycles. The van der Waals surface area contributed by atoms with E-state index in [1.807, 2.05) is 13.0 Å². The van der Waals surface area contributed by atoms with Gasteiger partial charge in [0.15, 0.2) is 5.65 Å². The number of nitriles is 1. The zero-order valence-corrected chi connectivity index (χ0v) is 10.4. The summed E-state index contributed by atoms with van der Waals surface area (Å²) in [5.74, 6) is 0. The molecule has 6 nitrogen and oxygen atoms in total. The van der Waals surface area contributed by atoms with E-state index in [1.165, 1.54) is 10.7 Å². The van der Waals surface area contributed by atoms with Crippen LogP contribution in [0.4, 0.5) is 0 Å². The smallest absolute Gasteiger partial charge is 0.277 e. The molecule has 0 spiro atoms. The molecule has 94 valence electrons. The van der Waals surface area contributed by atoms with Crippen molar-refractivity contribution < 1.29 is 4.74 Å². The first-order valence-electron chi connectivity index (χ1n) is 5.73. The summed E-state index contributed by atoms with van der Waals surface area (Å²) in [7, 11) is 1.57. The summed E-state index contributed by atoms with van der Waals surface area (Å²) in [5, 5.41) is 12.9. The monoisotopic (exact) mass is 246 g/mol. The minimum atomic E-state index is -0.181. The molecular formula is C12H14N4O2. The lowest BCUT2D eigenvalue weighted by Gasteiger charge is -2.08. The normalized spacial score (nSPS) is 10.7. The number of nitrogens with one attached hydrogen (secondary N) is 1. The first kappa shape index (κ1) is 12.3. The van der Waals surface area contributed by atoms with Crippen LogP contribution in [0, 0.1) is 11.3 Å². The first-order chi connectivity index (χ1) is 8.72. The molecule has 6 heteroatoms. The van der Waals surface area contributed by atoms with Crippen LogP contribution in [0.15, 0.2) is 11.0 Å². The highest BCUT2D eigenvalue weighted by atomic mass is 16.5. The SMILES string of the molecule is CCCc1c(COC)[nH]c2c(C#N)cnn2c1=O. The largest absolute Gasteiger partial charge is 0.378 e. The number of methoxy groups -OCH3 is 1. The fourth-order valence-corrected chi connectivity index (χ4v) is 1.96. The average molecular weight is 246 g/mol. The highest BCUT2D eigenvalue weighted by molar-refractivity contribution is 5.54. The minimum Gasteiger partial charge on any atom is -0.378 e. The highest BCUT2D eigenvalue weighted by Crippen LogP contribution is 2.10. The Bertz CT molecular complexity index is 663. The number of hydrogen-bond donors (Lipinski definition) is 1. The molecule has 2 aromatic rings. The second-order valence-corrected chi connectivity index (χ2v) is 4.00. The Labute approximate surface area is 104 Å². The van der Waals surface area contributed by atoms with Gasteiger partial charge in [-0.1, -0.05) is 13.3 Å². The van der Waals surface area contributed by atoms with Gasteiger partial charge in [0, 0.05) is 12.7 Å². The molecule has 2 heterocycles. The first-order valence-corrected chi connectivity index (χ1v) is 5.73. The Morgan fingerprint density at radius 3 is 3.00 bits per heavy atom. The van der Waals surface area contributed by atoms with E-state index in [0.717, 1.165) is 6.42 Å². The summed E-state index contributed by atoms with van der Waals surface area (Å²) in [6.45, 7) is 2.32. The van der Waals surface area contributed by atoms with Gasteiger partial charge in [0.05, 0.1) is 18.5 Å². The molecule has 0 unspecified atom stereocenters. The summed E-state index contributed by atoms with van der Waals surface area (Å²) in [6, 6.07) is 2.00. The van der Waals surface area contributed by atoms with Gasteiger partial charge in [-0.05, 0) is 6.42 Å².